The van der Waals surface area contributed by atoms with Crippen LogP contribution < -0.4 is 5.32 Å². The monoisotopic (exact) mass is 267 g/mol. The number of hydrogen-bond acceptors (Lipinski definition) is 1. The molecule has 0 radical (unpaired) electrons. The van der Waals surface area contributed by atoms with Gasteiger partial charge in [-0.25, -0.2) is 0 Å². The molecule has 0 spiro atoms. The first-order valence-electron chi connectivity index (χ1n) is 7.04. The minimum atomic E-state index is -0.0128. The fraction of sp³-hybridized carbons (Fsp3) is 0.278. The SMILES string of the molecule is CC[C@H](NC(=O)c1cccc(C)c1)c1ccc(C)cc1. The molecule has 2 aromatic carbocycles. The molecule has 0 saturated heterocycles. The van der Waals surface area contributed by atoms with Crippen LogP contribution in [0.25, 0.3) is 0 Å². The van der Waals surface area contributed by atoms with E-state index in [4.69, 9.17) is 0 Å². The average molecular weight is 267 g/mol. The van der Waals surface area contributed by atoms with E-state index in [1.54, 1.807) is 0 Å². The van der Waals surface area contributed by atoms with Crippen LogP contribution in [0.2, 0.25) is 0 Å². The molecule has 0 fully saturated rings. The van der Waals surface area contributed by atoms with Crippen molar-refractivity contribution in [3.63, 3.8) is 0 Å². The molecule has 1 N–H and O–H groups in total. The number of carbonyl (C=O) groups is 1. The standard InChI is InChI=1S/C18H21NO/c1-4-17(15-10-8-13(2)9-11-15)19-18(20)16-7-5-6-14(3)12-16/h5-12,17H,4H2,1-3H3,(H,19,20)/t17-/m0/s1. The largest absolute Gasteiger partial charge is 0.345 e. The van der Waals surface area contributed by atoms with Crippen molar-refractivity contribution in [2.45, 2.75) is 33.2 Å². The van der Waals surface area contributed by atoms with Crippen LogP contribution in [0.1, 0.15) is 46.4 Å². The van der Waals surface area contributed by atoms with Gasteiger partial charge < -0.3 is 5.32 Å². The summed E-state index contributed by atoms with van der Waals surface area (Å²) < 4.78 is 0. The summed E-state index contributed by atoms with van der Waals surface area (Å²) in [4.78, 5) is 12.3. The molecule has 0 aliphatic heterocycles. The Morgan fingerprint density at radius 1 is 1.05 bits per heavy atom. The van der Waals surface area contributed by atoms with Crippen molar-refractivity contribution in [2.24, 2.45) is 0 Å². The van der Waals surface area contributed by atoms with E-state index in [2.05, 4.69) is 43.4 Å². The maximum Gasteiger partial charge on any atom is 0.251 e. The van der Waals surface area contributed by atoms with Crippen molar-refractivity contribution in [2.75, 3.05) is 0 Å². The Labute approximate surface area is 120 Å². The van der Waals surface area contributed by atoms with Crippen LogP contribution in [0.5, 0.6) is 0 Å². The van der Waals surface area contributed by atoms with Gasteiger partial charge in [0.1, 0.15) is 0 Å². The zero-order valence-electron chi connectivity index (χ0n) is 12.3. The van der Waals surface area contributed by atoms with E-state index in [0.717, 1.165) is 23.1 Å². The molecule has 0 saturated carbocycles. The second kappa shape index (κ2) is 6.38. The van der Waals surface area contributed by atoms with Crippen LogP contribution in [-0.4, -0.2) is 5.91 Å². The Morgan fingerprint density at radius 3 is 2.35 bits per heavy atom. The molecule has 1 amide bonds. The molecule has 1 atom stereocenters. The van der Waals surface area contributed by atoms with Gasteiger partial charge in [0.05, 0.1) is 6.04 Å². The number of hydrogen-bond donors (Lipinski definition) is 1. The Hall–Kier alpha value is -2.09. The average Bonchev–Trinajstić information content (AvgIpc) is 2.45. The molecular weight excluding hydrogens is 246 g/mol. The fourth-order valence-corrected chi connectivity index (χ4v) is 2.25. The molecule has 0 bridgehead atoms. The van der Waals surface area contributed by atoms with E-state index in [9.17, 15) is 4.79 Å². The summed E-state index contributed by atoms with van der Waals surface area (Å²) in [6, 6.07) is 16.1. The van der Waals surface area contributed by atoms with Gasteiger partial charge in [-0.05, 0) is 38.0 Å². The normalized spacial score (nSPS) is 11.9. The van der Waals surface area contributed by atoms with E-state index in [1.807, 2.05) is 31.2 Å². The maximum absolute atomic E-state index is 12.3. The third-order valence-corrected chi connectivity index (χ3v) is 3.47. The number of benzene rings is 2. The molecular formula is C18H21NO. The molecule has 2 heteroatoms. The third-order valence-electron chi connectivity index (χ3n) is 3.47. The van der Waals surface area contributed by atoms with Gasteiger partial charge in [0.25, 0.3) is 5.91 Å². The first kappa shape index (κ1) is 14.3. The van der Waals surface area contributed by atoms with Crippen molar-refractivity contribution in [1.82, 2.24) is 5.32 Å². The van der Waals surface area contributed by atoms with E-state index in [0.29, 0.717) is 0 Å². The summed E-state index contributed by atoms with van der Waals surface area (Å²) in [5.74, 6) is -0.0128. The summed E-state index contributed by atoms with van der Waals surface area (Å²) in [6.07, 6.45) is 0.876. The Morgan fingerprint density at radius 2 is 1.75 bits per heavy atom. The minimum absolute atomic E-state index is 0.0128. The molecule has 2 nitrogen and oxygen atoms in total. The molecule has 2 rings (SSSR count). The second-order valence-corrected chi connectivity index (χ2v) is 5.21. The van der Waals surface area contributed by atoms with Crippen molar-refractivity contribution < 1.29 is 4.79 Å². The maximum atomic E-state index is 12.3. The van der Waals surface area contributed by atoms with Gasteiger partial charge in [0, 0.05) is 5.56 Å². The van der Waals surface area contributed by atoms with Gasteiger partial charge in [-0.15, -0.1) is 0 Å². The topological polar surface area (TPSA) is 29.1 Å². The highest BCUT2D eigenvalue weighted by molar-refractivity contribution is 5.94. The molecule has 0 heterocycles. The van der Waals surface area contributed by atoms with Crippen LogP contribution in [0.3, 0.4) is 0 Å². The predicted octanol–water partition coefficient (Wildman–Crippen LogP) is 4.18. The van der Waals surface area contributed by atoms with Gasteiger partial charge >= 0.3 is 0 Å². The molecule has 0 unspecified atom stereocenters. The first-order valence-corrected chi connectivity index (χ1v) is 7.04. The smallest absolute Gasteiger partial charge is 0.251 e. The van der Waals surface area contributed by atoms with Crippen LogP contribution >= 0.6 is 0 Å². The Kier molecular flexibility index (Phi) is 4.57. The van der Waals surface area contributed by atoms with Gasteiger partial charge in [0.15, 0.2) is 0 Å². The van der Waals surface area contributed by atoms with Crippen molar-refractivity contribution in [3.05, 3.63) is 70.8 Å². The highest BCUT2D eigenvalue weighted by Crippen LogP contribution is 2.18. The number of rotatable bonds is 4. The lowest BCUT2D eigenvalue weighted by Gasteiger charge is -2.18. The zero-order chi connectivity index (χ0) is 14.5. The van der Waals surface area contributed by atoms with E-state index < -0.39 is 0 Å². The number of aryl methyl sites for hydroxylation is 2. The molecule has 2 aromatic rings. The van der Waals surface area contributed by atoms with Gasteiger partial charge in [0.2, 0.25) is 0 Å². The molecule has 0 aromatic heterocycles. The molecule has 20 heavy (non-hydrogen) atoms. The summed E-state index contributed by atoms with van der Waals surface area (Å²) in [7, 11) is 0. The van der Waals surface area contributed by atoms with Gasteiger partial charge in [-0.2, -0.15) is 0 Å². The quantitative estimate of drug-likeness (QED) is 0.884. The lowest BCUT2D eigenvalue weighted by atomic mass is 10.0. The first-order chi connectivity index (χ1) is 9.60. The van der Waals surface area contributed by atoms with Crippen molar-refractivity contribution >= 4 is 5.91 Å². The highest BCUT2D eigenvalue weighted by atomic mass is 16.1. The number of carbonyl (C=O) groups excluding carboxylic acids is 1. The van der Waals surface area contributed by atoms with Gasteiger partial charge in [-0.1, -0.05) is 54.4 Å². The number of nitrogens with one attached hydrogen (secondary N) is 1. The third kappa shape index (κ3) is 3.47. The summed E-state index contributed by atoms with van der Waals surface area (Å²) in [5, 5.41) is 3.11. The van der Waals surface area contributed by atoms with Crippen molar-refractivity contribution in [3.8, 4) is 0 Å². The molecule has 0 aliphatic rings. The number of amides is 1. The van der Waals surface area contributed by atoms with E-state index in [1.165, 1.54) is 5.56 Å². The summed E-state index contributed by atoms with van der Waals surface area (Å²) >= 11 is 0. The van der Waals surface area contributed by atoms with Gasteiger partial charge in [-0.3, -0.25) is 4.79 Å². The summed E-state index contributed by atoms with van der Waals surface area (Å²) in [6.45, 7) is 6.14. The Bertz CT molecular complexity index is 587. The Balaban J connectivity index is 2.14. The van der Waals surface area contributed by atoms with E-state index in [-0.39, 0.29) is 11.9 Å². The fourth-order valence-electron chi connectivity index (χ4n) is 2.25. The minimum Gasteiger partial charge on any atom is -0.345 e. The lowest BCUT2D eigenvalue weighted by molar-refractivity contribution is 0.0935. The van der Waals surface area contributed by atoms with E-state index >= 15 is 0 Å². The predicted molar refractivity (Wildman–Crippen MR) is 82.9 cm³/mol. The zero-order valence-corrected chi connectivity index (χ0v) is 12.3. The van der Waals surface area contributed by atoms with Crippen LogP contribution in [0.4, 0.5) is 0 Å². The van der Waals surface area contributed by atoms with Crippen LogP contribution in [0.15, 0.2) is 48.5 Å². The lowest BCUT2D eigenvalue weighted by Crippen LogP contribution is -2.28. The second-order valence-electron chi connectivity index (χ2n) is 5.21. The van der Waals surface area contributed by atoms with Crippen LogP contribution in [-0.2, 0) is 0 Å². The molecule has 0 aliphatic carbocycles. The van der Waals surface area contributed by atoms with Crippen molar-refractivity contribution in [1.29, 1.82) is 0 Å². The highest BCUT2D eigenvalue weighted by Gasteiger charge is 2.13. The van der Waals surface area contributed by atoms with Crippen LogP contribution in [0, 0.1) is 13.8 Å². The summed E-state index contributed by atoms with van der Waals surface area (Å²) in [5.41, 5.74) is 4.20. The molecule has 104 valence electrons.